The van der Waals surface area contributed by atoms with Crippen LogP contribution in [-0.2, 0) is 4.79 Å². The van der Waals surface area contributed by atoms with Gasteiger partial charge in [0.25, 0.3) is 0 Å². The summed E-state index contributed by atoms with van der Waals surface area (Å²) in [6, 6.07) is 10.7. The Balaban J connectivity index is 2.80. The van der Waals surface area contributed by atoms with E-state index in [4.69, 9.17) is 0 Å². The highest BCUT2D eigenvalue weighted by atomic mass is 28.3. The van der Waals surface area contributed by atoms with Gasteiger partial charge in [0, 0.05) is 0 Å². The first-order chi connectivity index (χ1) is 9.12. The molecule has 0 aliphatic carbocycles. The summed E-state index contributed by atoms with van der Waals surface area (Å²) in [5, 5.41) is 2.79. The normalized spacial score (nSPS) is 12.5. The topological polar surface area (TPSA) is 17.1 Å². The van der Waals surface area contributed by atoms with Crippen LogP contribution in [0.15, 0.2) is 41.6 Å². The van der Waals surface area contributed by atoms with Crippen molar-refractivity contribution in [2.24, 2.45) is 0 Å². The van der Waals surface area contributed by atoms with Gasteiger partial charge in [-0.2, -0.15) is 0 Å². The van der Waals surface area contributed by atoms with Crippen LogP contribution in [0.3, 0.4) is 0 Å². The largest absolute Gasteiger partial charge is 0.299 e. The van der Waals surface area contributed by atoms with E-state index in [1.807, 2.05) is 6.08 Å². The molecule has 0 aromatic heterocycles. The van der Waals surface area contributed by atoms with Gasteiger partial charge in [0.2, 0.25) is 0 Å². The molecule has 1 aromatic rings. The molecule has 1 nitrogen and oxygen atoms in total. The van der Waals surface area contributed by atoms with Gasteiger partial charge in [-0.1, -0.05) is 80.0 Å². The fourth-order valence-electron chi connectivity index (χ4n) is 2.47. The lowest BCUT2D eigenvalue weighted by Crippen LogP contribution is -2.43. The molecule has 0 spiro atoms. The molecule has 1 rings (SSSR count). The van der Waals surface area contributed by atoms with Gasteiger partial charge in [0.05, 0.1) is 0 Å². The minimum atomic E-state index is -1.66. The van der Waals surface area contributed by atoms with Gasteiger partial charge in [0.1, 0.15) is 14.4 Å². The predicted octanol–water partition coefficient (Wildman–Crippen LogP) is 4.24. The van der Waals surface area contributed by atoms with Gasteiger partial charge in [-0.25, -0.2) is 0 Å². The zero-order chi connectivity index (χ0) is 14.1. The first-order valence-corrected chi connectivity index (χ1v) is 10.3. The lowest BCUT2D eigenvalue weighted by molar-refractivity contribution is -0.104. The molecule has 0 bridgehead atoms. The van der Waals surface area contributed by atoms with Gasteiger partial charge in [-0.05, 0) is 18.9 Å². The number of carbonyl (C=O) groups is 1. The van der Waals surface area contributed by atoms with Crippen LogP contribution in [0.25, 0.3) is 0 Å². The summed E-state index contributed by atoms with van der Waals surface area (Å²) in [6.45, 7) is 6.92. The summed E-state index contributed by atoms with van der Waals surface area (Å²) in [5.41, 5.74) is 0. The smallest absolute Gasteiger partial charge is 0.142 e. The highest BCUT2D eigenvalue weighted by Gasteiger charge is 2.27. The van der Waals surface area contributed by atoms with Crippen molar-refractivity contribution in [1.82, 2.24) is 0 Å². The third-order valence-electron chi connectivity index (χ3n) is 3.87. The monoisotopic (exact) mass is 274 g/mol. The number of allylic oxidation sites excluding steroid dienone is 2. The van der Waals surface area contributed by atoms with E-state index in [2.05, 4.69) is 50.3 Å². The van der Waals surface area contributed by atoms with E-state index in [1.54, 1.807) is 0 Å². The first-order valence-electron chi connectivity index (χ1n) is 7.33. The van der Waals surface area contributed by atoms with E-state index >= 15 is 0 Å². The van der Waals surface area contributed by atoms with E-state index in [0.717, 1.165) is 12.7 Å². The van der Waals surface area contributed by atoms with Crippen LogP contribution >= 0.6 is 0 Å². The van der Waals surface area contributed by atoms with Crippen LogP contribution in [0.1, 0.15) is 39.0 Å². The minimum absolute atomic E-state index is 0.965. The molecule has 0 N–H and O–H groups in total. The van der Waals surface area contributed by atoms with Gasteiger partial charge < -0.3 is 0 Å². The highest BCUT2D eigenvalue weighted by molar-refractivity contribution is 6.95. The van der Waals surface area contributed by atoms with E-state index in [9.17, 15) is 4.79 Å². The Morgan fingerprint density at radius 2 is 1.79 bits per heavy atom. The van der Waals surface area contributed by atoms with Crippen LogP contribution in [0.2, 0.25) is 13.1 Å². The predicted molar refractivity (Wildman–Crippen MR) is 86.5 cm³/mol. The van der Waals surface area contributed by atoms with Crippen LogP contribution in [-0.4, -0.2) is 14.4 Å². The molecule has 0 atom stereocenters. The number of carbonyl (C=O) groups excluding carboxylic acids is 1. The molecular formula is C17H26OSi. The molecule has 0 saturated carbocycles. The third kappa shape index (κ3) is 4.79. The molecule has 0 heterocycles. The van der Waals surface area contributed by atoms with Crippen molar-refractivity contribution < 1.29 is 4.79 Å². The van der Waals surface area contributed by atoms with Crippen LogP contribution in [0.5, 0.6) is 0 Å². The molecule has 0 aliphatic rings. The molecule has 0 amide bonds. The molecule has 0 unspecified atom stereocenters. The van der Waals surface area contributed by atoms with E-state index in [0.29, 0.717) is 0 Å². The second kappa shape index (κ2) is 8.11. The van der Waals surface area contributed by atoms with Gasteiger partial charge >= 0.3 is 0 Å². The van der Waals surface area contributed by atoms with Gasteiger partial charge in [0.15, 0.2) is 0 Å². The fourth-order valence-corrected chi connectivity index (χ4v) is 5.15. The standard InChI is InChI=1S/C17H26OSi/c1-4-5-6-8-13-17(14-15-18)19(2,3)16-11-9-7-10-12-16/h7,9-12,14-15H,4-6,8,13H2,1-3H3/b17-14+. The number of rotatable bonds is 8. The Morgan fingerprint density at radius 3 is 2.37 bits per heavy atom. The van der Waals surface area contributed by atoms with Crippen LogP contribution < -0.4 is 5.19 Å². The van der Waals surface area contributed by atoms with E-state index in [-0.39, 0.29) is 0 Å². The second-order valence-electron chi connectivity index (χ2n) is 5.63. The summed E-state index contributed by atoms with van der Waals surface area (Å²) in [4.78, 5) is 10.9. The second-order valence-corrected chi connectivity index (χ2v) is 10.1. The van der Waals surface area contributed by atoms with Crippen molar-refractivity contribution in [3.05, 3.63) is 41.6 Å². The number of hydrogen-bond donors (Lipinski definition) is 0. The zero-order valence-electron chi connectivity index (χ0n) is 12.5. The van der Waals surface area contributed by atoms with Crippen LogP contribution in [0.4, 0.5) is 0 Å². The maximum absolute atomic E-state index is 10.9. The number of unbranched alkanes of at least 4 members (excludes halogenated alkanes) is 3. The summed E-state index contributed by atoms with van der Waals surface area (Å²) in [5.74, 6) is 0. The minimum Gasteiger partial charge on any atom is -0.299 e. The quantitative estimate of drug-likeness (QED) is 0.300. The molecule has 0 saturated heterocycles. The van der Waals surface area contributed by atoms with E-state index < -0.39 is 8.07 Å². The van der Waals surface area contributed by atoms with Gasteiger partial charge in [-0.15, -0.1) is 0 Å². The summed E-state index contributed by atoms with van der Waals surface area (Å²) in [6.07, 6.45) is 8.89. The average Bonchev–Trinajstić information content (AvgIpc) is 2.43. The maximum atomic E-state index is 10.9. The fraction of sp³-hybridized carbons (Fsp3) is 0.471. The molecule has 1 aromatic carbocycles. The van der Waals surface area contributed by atoms with Crippen molar-refractivity contribution in [3.63, 3.8) is 0 Å². The Hall–Kier alpha value is -1.15. The first kappa shape index (κ1) is 15.9. The number of hydrogen-bond acceptors (Lipinski definition) is 1. The summed E-state index contributed by atoms with van der Waals surface area (Å²) >= 11 is 0. The summed E-state index contributed by atoms with van der Waals surface area (Å²) in [7, 11) is -1.66. The van der Waals surface area contributed by atoms with Gasteiger partial charge in [-0.3, -0.25) is 4.79 Å². The molecule has 0 radical (unpaired) electrons. The highest BCUT2D eigenvalue weighted by Crippen LogP contribution is 2.21. The van der Waals surface area contributed by atoms with Crippen molar-refractivity contribution in [2.75, 3.05) is 0 Å². The molecule has 0 fully saturated rings. The van der Waals surface area contributed by atoms with E-state index in [1.165, 1.54) is 36.1 Å². The van der Waals surface area contributed by atoms with Crippen LogP contribution in [0, 0.1) is 0 Å². The number of aldehydes is 1. The Kier molecular flexibility index (Phi) is 6.78. The third-order valence-corrected chi connectivity index (χ3v) is 7.67. The van der Waals surface area contributed by atoms with Crippen molar-refractivity contribution in [1.29, 1.82) is 0 Å². The Labute approximate surface area is 118 Å². The maximum Gasteiger partial charge on any atom is 0.142 e. The Morgan fingerprint density at radius 1 is 1.11 bits per heavy atom. The molecule has 104 valence electrons. The van der Waals surface area contributed by atoms with Crippen molar-refractivity contribution >= 4 is 19.5 Å². The van der Waals surface area contributed by atoms with Crippen molar-refractivity contribution in [2.45, 2.75) is 52.1 Å². The molecule has 19 heavy (non-hydrogen) atoms. The zero-order valence-corrected chi connectivity index (χ0v) is 13.5. The average molecular weight is 274 g/mol. The molecular weight excluding hydrogens is 248 g/mol. The lowest BCUT2D eigenvalue weighted by atomic mass is 10.1. The summed E-state index contributed by atoms with van der Waals surface area (Å²) < 4.78 is 0. The lowest BCUT2D eigenvalue weighted by Gasteiger charge is -2.26. The molecule has 2 heteroatoms. The Bertz CT molecular complexity index is 407. The van der Waals surface area contributed by atoms with Crippen molar-refractivity contribution in [3.8, 4) is 0 Å². The number of benzene rings is 1. The SMILES string of the molecule is CCCCCC/C(=C\C=O)[Si](C)(C)c1ccccc1. The molecule has 0 aliphatic heterocycles.